The van der Waals surface area contributed by atoms with Crippen LogP contribution < -0.4 is 5.32 Å². The van der Waals surface area contributed by atoms with Crippen molar-refractivity contribution in [2.24, 2.45) is 5.92 Å². The number of amides is 1. The van der Waals surface area contributed by atoms with E-state index in [2.05, 4.69) is 10.3 Å². The van der Waals surface area contributed by atoms with Gasteiger partial charge in [0.2, 0.25) is 5.91 Å². The van der Waals surface area contributed by atoms with Crippen LogP contribution in [0.1, 0.15) is 30.0 Å². The first-order chi connectivity index (χ1) is 15.5. The quantitative estimate of drug-likeness (QED) is 0.644. The Labute approximate surface area is 183 Å². The molecule has 3 heterocycles. The van der Waals surface area contributed by atoms with Gasteiger partial charge in [-0.05, 0) is 54.8 Å². The number of hydrogen-bond donors (Lipinski definition) is 1. The molecule has 3 aromatic rings. The van der Waals surface area contributed by atoms with Gasteiger partial charge in [0.1, 0.15) is 23.4 Å². The fourth-order valence-electron chi connectivity index (χ4n) is 4.87. The number of nitrogens with zero attached hydrogens (tertiary/aromatic N) is 2. The number of pyridine rings is 1. The molecule has 160 valence electrons. The Morgan fingerprint density at radius 2 is 1.81 bits per heavy atom. The molecule has 2 saturated heterocycles. The zero-order valence-electron chi connectivity index (χ0n) is 17.0. The maximum absolute atomic E-state index is 14.7. The predicted molar refractivity (Wildman–Crippen MR) is 114 cm³/mol. The van der Waals surface area contributed by atoms with Gasteiger partial charge in [-0.15, -0.1) is 0 Å². The molecule has 0 radical (unpaired) electrons. The van der Waals surface area contributed by atoms with Crippen molar-refractivity contribution in [3.63, 3.8) is 0 Å². The van der Waals surface area contributed by atoms with E-state index >= 15 is 0 Å². The fourth-order valence-corrected chi connectivity index (χ4v) is 4.87. The van der Waals surface area contributed by atoms with E-state index in [9.17, 15) is 18.8 Å². The predicted octanol–water partition coefficient (Wildman–Crippen LogP) is 4.80. The highest BCUT2D eigenvalue weighted by atomic mass is 19.1. The van der Waals surface area contributed by atoms with Gasteiger partial charge in [-0.3, -0.25) is 4.79 Å². The van der Waals surface area contributed by atoms with Crippen LogP contribution in [0.5, 0.6) is 0 Å². The summed E-state index contributed by atoms with van der Waals surface area (Å²) < 4.78 is 34.8. The van der Waals surface area contributed by atoms with E-state index < -0.39 is 17.6 Å². The van der Waals surface area contributed by atoms with Crippen molar-refractivity contribution >= 4 is 11.6 Å². The van der Waals surface area contributed by atoms with Gasteiger partial charge < -0.3 is 10.1 Å². The van der Waals surface area contributed by atoms with Crippen molar-refractivity contribution in [3.05, 3.63) is 83.7 Å². The van der Waals surface area contributed by atoms with E-state index in [1.807, 2.05) is 6.07 Å². The second-order valence-corrected chi connectivity index (χ2v) is 8.09. The molecule has 2 aromatic carbocycles. The molecule has 32 heavy (non-hydrogen) atoms. The van der Waals surface area contributed by atoms with Crippen molar-refractivity contribution in [1.29, 1.82) is 5.26 Å². The third-order valence-electron chi connectivity index (χ3n) is 6.26. The van der Waals surface area contributed by atoms with Crippen molar-refractivity contribution in [3.8, 4) is 17.2 Å². The van der Waals surface area contributed by atoms with Crippen LogP contribution in [0.4, 0.5) is 14.5 Å². The van der Waals surface area contributed by atoms with Crippen molar-refractivity contribution < 1.29 is 18.3 Å². The molecular formula is C25H19F2N3O2. The molecule has 0 unspecified atom stereocenters. The summed E-state index contributed by atoms with van der Waals surface area (Å²) in [4.78, 5) is 17.2. The Balaban J connectivity index is 1.40. The first-order valence-electron chi connectivity index (χ1n) is 10.4. The summed E-state index contributed by atoms with van der Waals surface area (Å²) in [5, 5.41) is 12.0. The smallest absolute Gasteiger partial charge is 0.230 e. The summed E-state index contributed by atoms with van der Waals surface area (Å²) in [7, 11) is 0. The number of anilines is 1. The van der Waals surface area contributed by atoms with Crippen molar-refractivity contribution in [2.75, 3.05) is 5.32 Å². The standard InChI is InChI=1S/C25H19F2N3O2/c26-19-4-2-1-3-17(19)18-6-5-15(12-20(18)27)30-25(31)24-22-8-7-21(32-22)23(24)14-9-10-29-16(11-14)13-28/h1-6,9-12,21-24H,7-8H2,(H,30,31)/t21-,22+,23+,24-/m0/s1. The van der Waals surface area contributed by atoms with Crippen LogP contribution in [0.2, 0.25) is 0 Å². The molecule has 2 bridgehead atoms. The van der Waals surface area contributed by atoms with Gasteiger partial charge in [0, 0.05) is 28.9 Å². The SMILES string of the molecule is N#Cc1cc([C@H]2[C@@H](C(=O)Nc3ccc(-c4ccccc4F)c(F)c3)[C@H]3CC[C@@H]2O3)ccn1. The molecule has 0 aliphatic carbocycles. The number of rotatable bonds is 4. The lowest BCUT2D eigenvalue weighted by Gasteiger charge is -2.27. The normalized spacial score (nSPS) is 23.7. The van der Waals surface area contributed by atoms with Crippen LogP contribution in [0.15, 0.2) is 60.8 Å². The molecule has 5 nitrogen and oxygen atoms in total. The zero-order valence-corrected chi connectivity index (χ0v) is 17.0. The number of benzene rings is 2. The molecule has 2 fully saturated rings. The Morgan fingerprint density at radius 1 is 1.03 bits per heavy atom. The molecule has 4 atom stereocenters. The number of hydrogen-bond acceptors (Lipinski definition) is 4. The highest BCUT2D eigenvalue weighted by Gasteiger charge is 2.52. The number of halogens is 2. The Morgan fingerprint density at radius 3 is 2.59 bits per heavy atom. The maximum atomic E-state index is 14.7. The van der Waals surface area contributed by atoms with E-state index in [4.69, 9.17) is 4.74 Å². The van der Waals surface area contributed by atoms with Gasteiger partial charge in [0.15, 0.2) is 0 Å². The Bertz CT molecular complexity index is 1240. The topological polar surface area (TPSA) is 75.0 Å². The van der Waals surface area contributed by atoms with Gasteiger partial charge in [-0.2, -0.15) is 5.26 Å². The molecule has 5 rings (SSSR count). The second-order valence-electron chi connectivity index (χ2n) is 8.09. The third-order valence-corrected chi connectivity index (χ3v) is 6.26. The average Bonchev–Trinajstić information content (AvgIpc) is 3.42. The lowest BCUT2D eigenvalue weighted by Crippen LogP contribution is -2.36. The van der Waals surface area contributed by atoms with E-state index in [1.54, 1.807) is 36.5 Å². The number of nitrogens with one attached hydrogen (secondary N) is 1. The van der Waals surface area contributed by atoms with Gasteiger partial charge >= 0.3 is 0 Å². The van der Waals surface area contributed by atoms with Gasteiger partial charge in [-0.1, -0.05) is 18.2 Å². The lowest BCUT2D eigenvalue weighted by molar-refractivity contribution is -0.121. The van der Waals surface area contributed by atoms with Crippen molar-refractivity contribution in [2.45, 2.75) is 31.0 Å². The number of fused-ring (bicyclic) bond motifs is 2. The minimum absolute atomic E-state index is 0.107. The van der Waals surface area contributed by atoms with Crippen molar-refractivity contribution in [1.82, 2.24) is 4.98 Å². The van der Waals surface area contributed by atoms with Gasteiger partial charge in [-0.25, -0.2) is 13.8 Å². The Kier molecular flexibility index (Phi) is 5.16. The van der Waals surface area contributed by atoms with Crippen LogP contribution in [-0.2, 0) is 9.53 Å². The molecule has 7 heteroatoms. The summed E-state index contributed by atoms with van der Waals surface area (Å²) in [6.07, 6.45) is 2.84. The summed E-state index contributed by atoms with van der Waals surface area (Å²) in [6.45, 7) is 0. The first kappa shape index (κ1) is 20.3. The highest BCUT2D eigenvalue weighted by Crippen LogP contribution is 2.49. The summed E-state index contributed by atoms with van der Waals surface area (Å²) >= 11 is 0. The van der Waals surface area contributed by atoms with E-state index in [0.29, 0.717) is 5.69 Å². The average molecular weight is 431 g/mol. The molecule has 0 spiro atoms. The lowest BCUT2D eigenvalue weighted by atomic mass is 9.75. The molecule has 1 aromatic heterocycles. The number of aromatic nitrogens is 1. The second kappa shape index (κ2) is 8.13. The van der Waals surface area contributed by atoms with Gasteiger partial charge in [0.05, 0.1) is 18.1 Å². The monoisotopic (exact) mass is 431 g/mol. The Hall–Kier alpha value is -3.63. The highest BCUT2D eigenvalue weighted by molar-refractivity contribution is 5.94. The molecule has 0 saturated carbocycles. The minimum atomic E-state index is -0.624. The van der Waals surface area contributed by atoms with Crippen LogP contribution in [0.25, 0.3) is 11.1 Å². The molecular weight excluding hydrogens is 412 g/mol. The molecule has 2 aliphatic heterocycles. The van der Waals surface area contributed by atoms with E-state index in [-0.39, 0.29) is 40.9 Å². The fraction of sp³-hybridized carbons (Fsp3) is 0.240. The van der Waals surface area contributed by atoms with Crippen LogP contribution in [-0.4, -0.2) is 23.1 Å². The van der Waals surface area contributed by atoms with Crippen LogP contribution >= 0.6 is 0 Å². The molecule has 1 amide bonds. The summed E-state index contributed by atoms with van der Waals surface area (Å²) in [5.41, 5.74) is 1.71. The number of carbonyl (C=O) groups is 1. The number of carbonyl (C=O) groups excluding carboxylic acids is 1. The zero-order chi connectivity index (χ0) is 22.2. The third kappa shape index (κ3) is 3.53. The number of ether oxygens (including phenoxy) is 1. The summed E-state index contributed by atoms with van der Waals surface area (Å²) in [6, 6.07) is 15.7. The minimum Gasteiger partial charge on any atom is -0.373 e. The van der Waals surface area contributed by atoms with Gasteiger partial charge in [0.25, 0.3) is 0 Å². The molecule has 2 aliphatic rings. The van der Waals surface area contributed by atoms with E-state index in [0.717, 1.165) is 18.4 Å². The van der Waals surface area contributed by atoms with E-state index in [1.165, 1.54) is 24.3 Å². The summed E-state index contributed by atoms with van der Waals surface area (Å²) in [5.74, 6) is -2.07. The van der Waals surface area contributed by atoms with Crippen LogP contribution in [0.3, 0.4) is 0 Å². The number of nitriles is 1. The first-order valence-corrected chi connectivity index (χ1v) is 10.4. The maximum Gasteiger partial charge on any atom is 0.230 e. The van der Waals surface area contributed by atoms with Crippen LogP contribution in [0, 0.1) is 28.9 Å². The largest absolute Gasteiger partial charge is 0.373 e. The molecule has 1 N–H and O–H groups in total.